The number of amides is 1. The molecule has 1 atom stereocenters. The first-order valence-corrected chi connectivity index (χ1v) is 8.26. The summed E-state index contributed by atoms with van der Waals surface area (Å²) in [6, 6.07) is 5.98. The minimum absolute atomic E-state index is 0.122. The van der Waals surface area contributed by atoms with E-state index in [0.29, 0.717) is 22.4 Å². The molecule has 3 heterocycles. The zero-order chi connectivity index (χ0) is 16.4. The Morgan fingerprint density at radius 1 is 1.48 bits per heavy atom. The average Bonchev–Trinajstić information content (AvgIpc) is 3.10. The molecule has 3 rings (SSSR count). The van der Waals surface area contributed by atoms with Gasteiger partial charge in [-0.05, 0) is 37.6 Å². The summed E-state index contributed by atoms with van der Waals surface area (Å²) in [5.41, 5.74) is 1.23. The molecule has 0 spiro atoms. The zero-order valence-corrected chi connectivity index (χ0v) is 14.3. The second-order valence-corrected chi connectivity index (χ2v) is 6.55. The van der Waals surface area contributed by atoms with Gasteiger partial charge in [-0.25, -0.2) is 4.98 Å². The fourth-order valence-electron chi connectivity index (χ4n) is 3.03. The highest BCUT2D eigenvalue weighted by atomic mass is 35.5. The van der Waals surface area contributed by atoms with Gasteiger partial charge in [-0.15, -0.1) is 0 Å². The van der Waals surface area contributed by atoms with E-state index in [1.165, 1.54) is 11.9 Å². The van der Waals surface area contributed by atoms with Gasteiger partial charge in [-0.3, -0.25) is 9.69 Å². The van der Waals surface area contributed by atoms with Gasteiger partial charge >= 0.3 is 0 Å². The lowest BCUT2D eigenvalue weighted by Gasteiger charge is -2.24. The van der Waals surface area contributed by atoms with Crippen molar-refractivity contribution in [3.05, 3.63) is 46.3 Å². The second kappa shape index (κ2) is 6.91. The number of aryl methyl sites for hydroxylation is 1. The van der Waals surface area contributed by atoms with Crippen molar-refractivity contribution in [1.82, 2.24) is 14.5 Å². The van der Waals surface area contributed by atoms with Crippen LogP contribution in [-0.2, 0) is 11.8 Å². The Morgan fingerprint density at radius 3 is 3.00 bits per heavy atom. The Morgan fingerprint density at radius 2 is 2.30 bits per heavy atom. The van der Waals surface area contributed by atoms with Gasteiger partial charge in [0.05, 0.1) is 22.6 Å². The molecule has 2 aromatic heterocycles. The molecule has 2 aromatic rings. The van der Waals surface area contributed by atoms with Gasteiger partial charge in [0, 0.05) is 25.1 Å². The summed E-state index contributed by atoms with van der Waals surface area (Å²) in [5, 5.41) is 3.54. The zero-order valence-electron chi connectivity index (χ0n) is 12.8. The van der Waals surface area contributed by atoms with Crippen LogP contribution in [0.25, 0.3) is 0 Å². The molecule has 1 amide bonds. The fraction of sp³-hybridized carbons (Fsp3) is 0.375. The highest BCUT2D eigenvalue weighted by Gasteiger charge is 2.29. The molecule has 1 aliphatic rings. The molecule has 1 N–H and O–H groups in total. The van der Waals surface area contributed by atoms with Crippen molar-refractivity contribution in [3.63, 3.8) is 0 Å². The summed E-state index contributed by atoms with van der Waals surface area (Å²) in [6.45, 7) is 1.22. The van der Waals surface area contributed by atoms with E-state index in [2.05, 4.69) is 25.8 Å². The van der Waals surface area contributed by atoms with Gasteiger partial charge in [0.15, 0.2) is 5.82 Å². The normalized spacial score (nSPS) is 18.3. The summed E-state index contributed by atoms with van der Waals surface area (Å²) >= 11 is 11.9. The van der Waals surface area contributed by atoms with Crippen molar-refractivity contribution in [2.75, 3.05) is 18.4 Å². The third-order valence-corrected chi connectivity index (χ3v) is 4.60. The summed E-state index contributed by atoms with van der Waals surface area (Å²) in [7, 11) is 2.03. The fourth-order valence-corrected chi connectivity index (χ4v) is 3.46. The van der Waals surface area contributed by atoms with Crippen molar-refractivity contribution in [2.45, 2.75) is 18.9 Å². The van der Waals surface area contributed by atoms with Gasteiger partial charge in [0.1, 0.15) is 0 Å². The quantitative estimate of drug-likeness (QED) is 0.915. The minimum atomic E-state index is -0.122. The standard InChI is InChI=1S/C16H18Cl2N4O/c1-21-6-2-4-13(21)14-5-3-7-22(14)10-15(23)20-16-12(18)8-11(17)9-19-16/h2,4,6,8-9,14H,3,5,7,10H2,1H3,(H,19,20,23)/t14-/m0/s1. The number of anilines is 1. The molecular weight excluding hydrogens is 335 g/mol. The number of likely N-dealkylation sites (tertiary alicyclic amines) is 1. The van der Waals surface area contributed by atoms with E-state index in [-0.39, 0.29) is 11.9 Å². The number of rotatable bonds is 4. The molecule has 122 valence electrons. The van der Waals surface area contributed by atoms with E-state index in [1.54, 1.807) is 6.07 Å². The number of hydrogen-bond acceptors (Lipinski definition) is 3. The number of halogens is 2. The van der Waals surface area contributed by atoms with Crippen LogP contribution in [0.5, 0.6) is 0 Å². The number of aromatic nitrogens is 2. The monoisotopic (exact) mass is 352 g/mol. The van der Waals surface area contributed by atoms with Gasteiger partial charge in [-0.1, -0.05) is 23.2 Å². The third kappa shape index (κ3) is 3.68. The molecule has 1 fully saturated rings. The maximum atomic E-state index is 12.3. The van der Waals surface area contributed by atoms with Crippen LogP contribution in [-0.4, -0.2) is 33.4 Å². The predicted octanol–water partition coefficient (Wildman–Crippen LogP) is 3.50. The Labute approximate surface area is 145 Å². The first-order chi connectivity index (χ1) is 11.0. The number of pyridine rings is 1. The topological polar surface area (TPSA) is 50.2 Å². The molecule has 0 aromatic carbocycles. The van der Waals surface area contributed by atoms with Gasteiger partial charge in [-0.2, -0.15) is 0 Å². The molecule has 0 saturated carbocycles. The molecule has 23 heavy (non-hydrogen) atoms. The molecule has 1 saturated heterocycles. The second-order valence-electron chi connectivity index (χ2n) is 5.70. The molecule has 0 unspecified atom stereocenters. The van der Waals surface area contributed by atoms with Crippen LogP contribution in [0.15, 0.2) is 30.6 Å². The van der Waals surface area contributed by atoms with Crippen LogP contribution in [0, 0.1) is 0 Å². The van der Waals surface area contributed by atoms with E-state index in [4.69, 9.17) is 23.2 Å². The third-order valence-electron chi connectivity index (χ3n) is 4.10. The van der Waals surface area contributed by atoms with Crippen molar-refractivity contribution < 1.29 is 4.79 Å². The molecule has 0 bridgehead atoms. The van der Waals surface area contributed by atoms with E-state index in [9.17, 15) is 4.79 Å². The lowest BCUT2D eigenvalue weighted by atomic mass is 10.1. The molecule has 7 heteroatoms. The van der Waals surface area contributed by atoms with Gasteiger partial charge < -0.3 is 9.88 Å². The smallest absolute Gasteiger partial charge is 0.239 e. The average molecular weight is 353 g/mol. The summed E-state index contributed by atoms with van der Waals surface area (Å²) in [4.78, 5) is 18.6. The maximum Gasteiger partial charge on any atom is 0.239 e. The number of carbonyl (C=O) groups excluding carboxylic acids is 1. The first kappa shape index (κ1) is 16.3. The lowest BCUT2D eigenvalue weighted by molar-refractivity contribution is -0.117. The Balaban J connectivity index is 1.66. The van der Waals surface area contributed by atoms with Crippen LogP contribution < -0.4 is 5.32 Å². The number of nitrogens with zero attached hydrogens (tertiary/aromatic N) is 3. The first-order valence-electron chi connectivity index (χ1n) is 7.51. The van der Waals surface area contributed by atoms with E-state index < -0.39 is 0 Å². The molecular formula is C16H18Cl2N4O. The highest BCUT2D eigenvalue weighted by Crippen LogP contribution is 2.31. The van der Waals surface area contributed by atoms with Crippen molar-refractivity contribution in [1.29, 1.82) is 0 Å². The number of nitrogens with one attached hydrogen (secondary N) is 1. The molecule has 0 aliphatic carbocycles. The van der Waals surface area contributed by atoms with E-state index in [1.807, 2.05) is 19.3 Å². The van der Waals surface area contributed by atoms with Crippen LogP contribution in [0.1, 0.15) is 24.6 Å². The number of carbonyl (C=O) groups is 1. The van der Waals surface area contributed by atoms with E-state index in [0.717, 1.165) is 19.4 Å². The summed E-state index contributed by atoms with van der Waals surface area (Å²) in [5.74, 6) is 0.221. The van der Waals surface area contributed by atoms with Crippen LogP contribution in [0.2, 0.25) is 10.0 Å². The Hall–Kier alpha value is -1.56. The maximum absolute atomic E-state index is 12.3. The van der Waals surface area contributed by atoms with Crippen molar-refractivity contribution in [3.8, 4) is 0 Å². The van der Waals surface area contributed by atoms with Crippen molar-refractivity contribution >= 4 is 34.9 Å². The minimum Gasteiger partial charge on any atom is -0.353 e. The van der Waals surface area contributed by atoms with Crippen LogP contribution >= 0.6 is 23.2 Å². The summed E-state index contributed by atoms with van der Waals surface area (Å²) < 4.78 is 2.11. The van der Waals surface area contributed by atoms with E-state index >= 15 is 0 Å². The lowest BCUT2D eigenvalue weighted by Crippen LogP contribution is -2.33. The number of hydrogen-bond donors (Lipinski definition) is 1. The Bertz CT molecular complexity index is 716. The van der Waals surface area contributed by atoms with Crippen LogP contribution in [0.3, 0.4) is 0 Å². The van der Waals surface area contributed by atoms with Crippen LogP contribution in [0.4, 0.5) is 5.82 Å². The van der Waals surface area contributed by atoms with Crippen molar-refractivity contribution in [2.24, 2.45) is 7.05 Å². The Kier molecular flexibility index (Phi) is 4.90. The molecule has 5 nitrogen and oxygen atoms in total. The summed E-state index contributed by atoms with van der Waals surface area (Å²) in [6.07, 6.45) is 5.64. The molecule has 1 aliphatic heterocycles. The highest BCUT2D eigenvalue weighted by molar-refractivity contribution is 6.36. The molecule has 0 radical (unpaired) electrons. The largest absolute Gasteiger partial charge is 0.353 e. The van der Waals surface area contributed by atoms with Gasteiger partial charge in [0.2, 0.25) is 5.91 Å². The predicted molar refractivity (Wildman–Crippen MR) is 91.8 cm³/mol. The SMILES string of the molecule is Cn1cccc1[C@@H]1CCCN1CC(=O)Nc1ncc(Cl)cc1Cl. The van der Waals surface area contributed by atoms with Gasteiger partial charge in [0.25, 0.3) is 0 Å².